The number of aromatic nitrogens is 2. The molecule has 6 nitrogen and oxygen atoms in total. The van der Waals surface area contributed by atoms with Crippen molar-refractivity contribution in [1.29, 1.82) is 0 Å². The van der Waals surface area contributed by atoms with Crippen LogP contribution in [0.5, 0.6) is 11.5 Å². The van der Waals surface area contributed by atoms with Gasteiger partial charge in [0.15, 0.2) is 0 Å². The topological polar surface area (TPSA) is 65.4 Å². The quantitative estimate of drug-likeness (QED) is 0.560. The highest BCUT2D eigenvalue weighted by molar-refractivity contribution is 5.94. The first-order valence-electron chi connectivity index (χ1n) is 9.70. The molecular weight excluding hydrogens is 366 g/mol. The number of amides is 1. The van der Waals surface area contributed by atoms with Crippen LogP contribution in [0.25, 0.3) is 0 Å². The number of methoxy groups -OCH3 is 1. The van der Waals surface area contributed by atoms with E-state index in [0.717, 1.165) is 41.4 Å². The van der Waals surface area contributed by atoms with Crippen LogP contribution >= 0.6 is 0 Å². The number of aryl methyl sites for hydroxylation is 3. The Labute approximate surface area is 171 Å². The molecule has 0 bridgehead atoms. The highest BCUT2D eigenvalue weighted by atomic mass is 16.5. The van der Waals surface area contributed by atoms with Crippen LogP contribution in [-0.2, 0) is 13.2 Å². The van der Waals surface area contributed by atoms with Crippen LogP contribution < -0.4 is 14.8 Å². The van der Waals surface area contributed by atoms with Crippen molar-refractivity contribution in [3.05, 3.63) is 77.1 Å². The van der Waals surface area contributed by atoms with E-state index in [4.69, 9.17) is 9.47 Å². The Kier molecular flexibility index (Phi) is 6.89. The molecular formula is C23H27N3O3. The molecule has 3 rings (SSSR count). The van der Waals surface area contributed by atoms with Crippen LogP contribution in [0.1, 0.15) is 33.7 Å². The number of hydrogen-bond donors (Lipinski definition) is 1. The van der Waals surface area contributed by atoms with Crippen molar-refractivity contribution in [3.8, 4) is 11.5 Å². The van der Waals surface area contributed by atoms with Crippen LogP contribution in [0, 0.1) is 13.8 Å². The first kappa shape index (κ1) is 20.5. The lowest BCUT2D eigenvalue weighted by atomic mass is 10.1. The van der Waals surface area contributed by atoms with Crippen molar-refractivity contribution in [3.63, 3.8) is 0 Å². The summed E-state index contributed by atoms with van der Waals surface area (Å²) in [5.41, 5.74) is 3.80. The number of ether oxygens (including phenoxy) is 2. The Morgan fingerprint density at radius 3 is 2.34 bits per heavy atom. The molecule has 2 aromatic carbocycles. The standard InChI is InChI=1S/C23H27N3O3/c1-17-15-18(2)26(25-17)14-4-13-24-23(27)20-7-5-19(6-8-20)16-29-22-11-9-21(28-3)10-12-22/h5-12,15H,4,13-14,16H2,1-3H3,(H,24,27). The zero-order chi connectivity index (χ0) is 20.6. The van der Waals surface area contributed by atoms with Gasteiger partial charge in [-0.15, -0.1) is 0 Å². The molecule has 3 aromatic rings. The van der Waals surface area contributed by atoms with Crippen LogP contribution in [0.4, 0.5) is 0 Å². The van der Waals surface area contributed by atoms with Gasteiger partial charge >= 0.3 is 0 Å². The predicted octanol–water partition coefficient (Wildman–Crippen LogP) is 3.91. The number of benzene rings is 2. The van der Waals surface area contributed by atoms with Crippen LogP contribution in [0.2, 0.25) is 0 Å². The van der Waals surface area contributed by atoms with Gasteiger partial charge in [0.1, 0.15) is 18.1 Å². The minimum absolute atomic E-state index is 0.0685. The summed E-state index contributed by atoms with van der Waals surface area (Å²) in [5, 5.41) is 7.39. The van der Waals surface area contributed by atoms with E-state index < -0.39 is 0 Å². The molecule has 152 valence electrons. The van der Waals surface area contributed by atoms with Crippen molar-refractivity contribution < 1.29 is 14.3 Å². The summed E-state index contributed by atoms with van der Waals surface area (Å²) < 4.78 is 12.9. The molecule has 1 aromatic heterocycles. The Morgan fingerprint density at radius 1 is 1.03 bits per heavy atom. The van der Waals surface area contributed by atoms with E-state index in [1.807, 2.05) is 67.1 Å². The average molecular weight is 393 g/mol. The lowest BCUT2D eigenvalue weighted by molar-refractivity contribution is 0.0952. The molecule has 0 spiro atoms. The molecule has 0 fully saturated rings. The van der Waals surface area contributed by atoms with Crippen LogP contribution in [0.15, 0.2) is 54.6 Å². The molecule has 0 aliphatic heterocycles. The molecule has 0 atom stereocenters. The Hall–Kier alpha value is -3.28. The fraction of sp³-hybridized carbons (Fsp3) is 0.304. The fourth-order valence-electron chi connectivity index (χ4n) is 3.03. The lowest BCUT2D eigenvalue weighted by Crippen LogP contribution is -2.25. The third-order valence-electron chi connectivity index (χ3n) is 4.62. The molecule has 1 heterocycles. The van der Waals surface area contributed by atoms with Gasteiger partial charge in [-0.05, 0) is 68.3 Å². The van der Waals surface area contributed by atoms with Crippen molar-refractivity contribution in [1.82, 2.24) is 15.1 Å². The second-order valence-corrected chi connectivity index (χ2v) is 6.92. The first-order valence-corrected chi connectivity index (χ1v) is 9.70. The second kappa shape index (κ2) is 9.78. The molecule has 0 radical (unpaired) electrons. The molecule has 1 N–H and O–H groups in total. The third kappa shape index (κ3) is 5.85. The van der Waals surface area contributed by atoms with Crippen molar-refractivity contribution in [2.24, 2.45) is 0 Å². The summed E-state index contributed by atoms with van der Waals surface area (Å²) >= 11 is 0. The smallest absolute Gasteiger partial charge is 0.251 e. The van der Waals surface area contributed by atoms with Gasteiger partial charge in [0, 0.05) is 24.3 Å². The van der Waals surface area contributed by atoms with Crippen molar-refractivity contribution >= 4 is 5.91 Å². The molecule has 6 heteroatoms. The van der Waals surface area contributed by atoms with E-state index in [1.54, 1.807) is 7.11 Å². The molecule has 0 aliphatic carbocycles. The molecule has 29 heavy (non-hydrogen) atoms. The summed E-state index contributed by atoms with van der Waals surface area (Å²) in [7, 11) is 1.63. The second-order valence-electron chi connectivity index (χ2n) is 6.92. The van der Waals surface area contributed by atoms with Crippen molar-refractivity contribution in [2.45, 2.75) is 33.4 Å². The maximum atomic E-state index is 12.3. The number of nitrogens with zero attached hydrogens (tertiary/aromatic N) is 2. The van der Waals surface area contributed by atoms with Gasteiger partial charge in [-0.25, -0.2) is 0 Å². The lowest BCUT2D eigenvalue weighted by Gasteiger charge is -2.09. The van der Waals surface area contributed by atoms with E-state index in [9.17, 15) is 4.79 Å². The number of nitrogens with one attached hydrogen (secondary N) is 1. The molecule has 0 aliphatic rings. The largest absolute Gasteiger partial charge is 0.497 e. The summed E-state index contributed by atoms with van der Waals surface area (Å²) in [6, 6.07) is 17.0. The summed E-state index contributed by atoms with van der Waals surface area (Å²) in [5.74, 6) is 1.50. The maximum Gasteiger partial charge on any atom is 0.251 e. The van der Waals surface area contributed by atoms with Crippen molar-refractivity contribution in [2.75, 3.05) is 13.7 Å². The first-order chi connectivity index (χ1) is 14.0. The van der Waals surface area contributed by atoms with E-state index >= 15 is 0 Å². The highest BCUT2D eigenvalue weighted by Gasteiger charge is 2.06. The fourth-order valence-corrected chi connectivity index (χ4v) is 3.03. The van der Waals surface area contributed by atoms with Gasteiger partial charge in [-0.1, -0.05) is 12.1 Å². The monoisotopic (exact) mass is 393 g/mol. The van der Waals surface area contributed by atoms with E-state index in [1.165, 1.54) is 0 Å². The zero-order valence-electron chi connectivity index (χ0n) is 17.1. The van der Waals surface area contributed by atoms with Gasteiger partial charge < -0.3 is 14.8 Å². The molecule has 0 saturated carbocycles. The molecule has 0 unspecified atom stereocenters. The minimum atomic E-state index is -0.0685. The Morgan fingerprint density at radius 2 is 1.72 bits per heavy atom. The summed E-state index contributed by atoms with van der Waals surface area (Å²) in [4.78, 5) is 12.3. The number of carbonyl (C=O) groups excluding carboxylic acids is 1. The number of carbonyl (C=O) groups is 1. The van der Waals surface area contributed by atoms with E-state index in [-0.39, 0.29) is 5.91 Å². The Bertz CT molecular complexity index is 931. The van der Waals surface area contributed by atoms with Gasteiger partial charge in [0.2, 0.25) is 0 Å². The van der Waals surface area contributed by atoms with Gasteiger partial charge in [0.05, 0.1) is 12.8 Å². The van der Waals surface area contributed by atoms with Gasteiger partial charge in [0.25, 0.3) is 5.91 Å². The van der Waals surface area contributed by atoms with E-state index in [2.05, 4.69) is 16.5 Å². The van der Waals surface area contributed by atoms with E-state index in [0.29, 0.717) is 18.7 Å². The highest BCUT2D eigenvalue weighted by Crippen LogP contribution is 2.18. The molecule has 1 amide bonds. The summed E-state index contributed by atoms with van der Waals surface area (Å²) in [6.07, 6.45) is 0.835. The summed E-state index contributed by atoms with van der Waals surface area (Å²) in [6.45, 7) is 5.87. The van der Waals surface area contributed by atoms with Crippen LogP contribution in [-0.4, -0.2) is 29.3 Å². The number of hydrogen-bond acceptors (Lipinski definition) is 4. The average Bonchev–Trinajstić information content (AvgIpc) is 3.07. The van der Waals surface area contributed by atoms with Crippen LogP contribution in [0.3, 0.4) is 0 Å². The maximum absolute atomic E-state index is 12.3. The normalized spacial score (nSPS) is 10.6. The minimum Gasteiger partial charge on any atom is -0.497 e. The van der Waals surface area contributed by atoms with Gasteiger partial charge in [-0.2, -0.15) is 5.10 Å². The SMILES string of the molecule is COc1ccc(OCc2ccc(C(=O)NCCCn3nc(C)cc3C)cc2)cc1. The number of rotatable bonds is 9. The third-order valence-corrected chi connectivity index (χ3v) is 4.62. The molecule has 0 saturated heterocycles. The van der Waals surface area contributed by atoms with Gasteiger partial charge in [-0.3, -0.25) is 9.48 Å². The zero-order valence-corrected chi connectivity index (χ0v) is 17.1. The predicted molar refractivity (Wildman–Crippen MR) is 112 cm³/mol. The Balaban J connectivity index is 1.42.